The summed E-state index contributed by atoms with van der Waals surface area (Å²) in [6.07, 6.45) is 6.34. The van der Waals surface area contributed by atoms with Gasteiger partial charge in [0.25, 0.3) is 0 Å². The van der Waals surface area contributed by atoms with Gasteiger partial charge in [-0.3, -0.25) is 0 Å². The molecule has 0 saturated carbocycles. The Morgan fingerprint density at radius 2 is 1.11 bits per heavy atom. The summed E-state index contributed by atoms with van der Waals surface area (Å²) in [6.45, 7) is 2.19. The zero-order valence-electron chi connectivity index (χ0n) is 25.6. The first-order valence-corrected chi connectivity index (χ1v) is 15.8. The van der Waals surface area contributed by atoms with Crippen LogP contribution in [0.2, 0.25) is 0 Å². The number of nitrogens with zero attached hydrogens (tertiary/aromatic N) is 2. The number of rotatable bonds is 9. The van der Waals surface area contributed by atoms with E-state index >= 15 is 0 Å². The van der Waals surface area contributed by atoms with E-state index < -0.39 is 0 Å². The van der Waals surface area contributed by atoms with Crippen LogP contribution in [-0.4, -0.2) is 4.57 Å². The molecule has 0 radical (unpaired) electrons. The van der Waals surface area contributed by atoms with E-state index in [0.717, 1.165) is 41.2 Å². The van der Waals surface area contributed by atoms with Crippen molar-refractivity contribution in [3.63, 3.8) is 0 Å². The van der Waals surface area contributed by atoms with Crippen LogP contribution in [0.3, 0.4) is 0 Å². The molecule has 1 atom stereocenters. The Morgan fingerprint density at radius 1 is 0.578 bits per heavy atom. The molecule has 0 aliphatic heterocycles. The Hall–Kier alpha value is -5.38. The number of hydrogen-bond acceptors (Lipinski definition) is 2. The second kappa shape index (κ2) is 12.7. The van der Waals surface area contributed by atoms with Gasteiger partial charge in [0, 0.05) is 39.6 Å². The SMILES string of the molecule is CCCC(N)c1ccc2c(c1)c1cc(N(c3ccccc3)c3ccc(/C=C/c4ccccc4)cc3)ccc1n2-c1ccccc1. The minimum atomic E-state index is 0.0213. The molecule has 220 valence electrons. The Balaban J connectivity index is 1.36. The Bertz CT molecular complexity index is 2060. The molecule has 3 nitrogen and oxygen atoms in total. The van der Waals surface area contributed by atoms with E-state index in [1.807, 2.05) is 6.07 Å². The van der Waals surface area contributed by atoms with Crippen molar-refractivity contribution in [1.82, 2.24) is 4.57 Å². The summed E-state index contributed by atoms with van der Waals surface area (Å²) >= 11 is 0. The van der Waals surface area contributed by atoms with E-state index in [1.165, 1.54) is 32.9 Å². The van der Waals surface area contributed by atoms with Crippen molar-refractivity contribution in [2.45, 2.75) is 25.8 Å². The first kappa shape index (κ1) is 28.4. The molecule has 1 aromatic heterocycles. The van der Waals surface area contributed by atoms with Crippen LogP contribution < -0.4 is 10.6 Å². The predicted octanol–water partition coefficient (Wildman–Crippen LogP) is 11.2. The summed E-state index contributed by atoms with van der Waals surface area (Å²) in [4.78, 5) is 2.34. The van der Waals surface area contributed by atoms with Crippen molar-refractivity contribution in [2.24, 2.45) is 5.73 Å². The van der Waals surface area contributed by atoms with Gasteiger partial charge in [-0.05, 0) is 89.8 Å². The molecule has 0 bridgehead atoms. The molecule has 0 aliphatic rings. The maximum absolute atomic E-state index is 6.64. The van der Waals surface area contributed by atoms with Crippen LogP contribution in [0.25, 0.3) is 39.6 Å². The van der Waals surface area contributed by atoms with Crippen LogP contribution in [0.15, 0.2) is 152 Å². The van der Waals surface area contributed by atoms with E-state index in [1.54, 1.807) is 0 Å². The van der Waals surface area contributed by atoms with E-state index in [2.05, 4.69) is 174 Å². The van der Waals surface area contributed by atoms with Crippen molar-refractivity contribution in [1.29, 1.82) is 0 Å². The second-order valence-corrected chi connectivity index (χ2v) is 11.6. The molecule has 3 heteroatoms. The minimum Gasteiger partial charge on any atom is -0.324 e. The van der Waals surface area contributed by atoms with Gasteiger partial charge in [0.05, 0.1) is 11.0 Å². The summed E-state index contributed by atoms with van der Waals surface area (Å²) in [5, 5.41) is 2.43. The lowest BCUT2D eigenvalue weighted by molar-refractivity contribution is 0.639. The topological polar surface area (TPSA) is 34.2 Å². The third-order valence-electron chi connectivity index (χ3n) is 8.51. The highest BCUT2D eigenvalue weighted by molar-refractivity contribution is 6.11. The van der Waals surface area contributed by atoms with Crippen LogP contribution in [-0.2, 0) is 0 Å². The van der Waals surface area contributed by atoms with Gasteiger partial charge in [-0.2, -0.15) is 0 Å². The summed E-state index contributed by atoms with van der Waals surface area (Å²) < 4.78 is 2.37. The molecule has 45 heavy (non-hydrogen) atoms. The van der Waals surface area contributed by atoms with Gasteiger partial charge in [0.15, 0.2) is 0 Å². The van der Waals surface area contributed by atoms with Crippen LogP contribution in [0.4, 0.5) is 17.1 Å². The number of nitrogens with two attached hydrogens (primary N) is 1. The Morgan fingerprint density at radius 3 is 1.78 bits per heavy atom. The largest absolute Gasteiger partial charge is 0.324 e. The summed E-state index contributed by atoms with van der Waals surface area (Å²) in [5.74, 6) is 0. The number of hydrogen-bond donors (Lipinski definition) is 1. The second-order valence-electron chi connectivity index (χ2n) is 11.6. The smallest absolute Gasteiger partial charge is 0.0542 e. The van der Waals surface area contributed by atoms with Gasteiger partial charge in [0.2, 0.25) is 0 Å². The van der Waals surface area contributed by atoms with Gasteiger partial charge in [-0.15, -0.1) is 0 Å². The zero-order chi connectivity index (χ0) is 30.6. The standard InChI is InChI=1S/C42H37N3/c1-2-12-40(43)33-23-27-41-38(29-33)39-30-37(26-28-42(39)45(41)35-17-10-5-11-18-35)44(34-15-8-4-9-16-34)36-24-21-32(22-25-36)20-19-31-13-6-3-7-14-31/h3-11,13-30,40H,2,12,43H2,1H3/b20-19+. The lowest BCUT2D eigenvalue weighted by Crippen LogP contribution is -2.09. The van der Waals surface area contributed by atoms with Gasteiger partial charge in [0.1, 0.15) is 0 Å². The zero-order valence-corrected chi connectivity index (χ0v) is 25.6. The molecular formula is C42H37N3. The predicted molar refractivity (Wildman–Crippen MR) is 193 cm³/mol. The molecule has 0 amide bonds. The van der Waals surface area contributed by atoms with Gasteiger partial charge in [-0.1, -0.05) is 110 Å². The lowest BCUT2D eigenvalue weighted by Gasteiger charge is -2.25. The average Bonchev–Trinajstić information content (AvgIpc) is 3.42. The number of fused-ring (bicyclic) bond motifs is 3. The molecule has 2 N–H and O–H groups in total. The van der Waals surface area contributed by atoms with Crippen molar-refractivity contribution in [3.05, 3.63) is 168 Å². The average molecular weight is 584 g/mol. The molecule has 6 aromatic carbocycles. The number of benzene rings is 6. The quantitative estimate of drug-likeness (QED) is 0.172. The highest BCUT2D eigenvalue weighted by atomic mass is 15.1. The molecule has 1 unspecified atom stereocenters. The van der Waals surface area contributed by atoms with Crippen LogP contribution >= 0.6 is 0 Å². The summed E-state index contributed by atoms with van der Waals surface area (Å²) in [7, 11) is 0. The number of para-hydroxylation sites is 2. The van der Waals surface area contributed by atoms with Crippen molar-refractivity contribution in [3.8, 4) is 5.69 Å². The van der Waals surface area contributed by atoms with Gasteiger partial charge >= 0.3 is 0 Å². The molecule has 0 fully saturated rings. The van der Waals surface area contributed by atoms with Crippen LogP contribution in [0, 0.1) is 0 Å². The van der Waals surface area contributed by atoms with E-state index in [9.17, 15) is 0 Å². The third kappa shape index (κ3) is 5.78. The van der Waals surface area contributed by atoms with Gasteiger partial charge < -0.3 is 15.2 Å². The Kier molecular flexibility index (Phi) is 8.01. The van der Waals surface area contributed by atoms with E-state index in [0.29, 0.717) is 0 Å². The minimum absolute atomic E-state index is 0.0213. The van der Waals surface area contributed by atoms with E-state index in [-0.39, 0.29) is 6.04 Å². The summed E-state index contributed by atoms with van der Waals surface area (Å²) in [6, 6.07) is 54.0. The third-order valence-corrected chi connectivity index (χ3v) is 8.51. The fourth-order valence-corrected chi connectivity index (χ4v) is 6.25. The maximum Gasteiger partial charge on any atom is 0.0542 e. The number of anilines is 3. The fourth-order valence-electron chi connectivity index (χ4n) is 6.25. The molecule has 7 rings (SSSR count). The molecule has 0 saturated heterocycles. The highest BCUT2D eigenvalue weighted by Crippen LogP contribution is 2.40. The van der Waals surface area contributed by atoms with Gasteiger partial charge in [-0.25, -0.2) is 0 Å². The molecular weight excluding hydrogens is 546 g/mol. The monoisotopic (exact) mass is 583 g/mol. The molecule has 1 heterocycles. The van der Waals surface area contributed by atoms with Crippen molar-refractivity contribution in [2.75, 3.05) is 4.90 Å². The highest BCUT2D eigenvalue weighted by Gasteiger charge is 2.18. The van der Waals surface area contributed by atoms with Crippen molar-refractivity contribution < 1.29 is 0 Å². The normalized spacial score (nSPS) is 12.2. The molecule has 0 aliphatic carbocycles. The van der Waals surface area contributed by atoms with Crippen LogP contribution in [0.5, 0.6) is 0 Å². The lowest BCUT2D eigenvalue weighted by atomic mass is 10.0. The summed E-state index contributed by atoms with van der Waals surface area (Å²) in [5.41, 5.74) is 17.0. The first-order valence-electron chi connectivity index (χ1n) is 15.8. The fraction of sp³-hybridized carbons (Fsp3) is 0.0952. The number of aromatic nitrogens is 1. The maximum atomic E-state index is 6.64. The first-order chi connectivity index (χ1) is 22.2. The Labute approximate surface area is 265 Å². The molecule has 0 spiro atoms. The molecule has 7 aromatic rings. The van der Waals surface area contributed by atoms with E-state index in [4.69, 9.17) is 5.73 Å². The van der Waals surface area contributed by atoms with Crippen molar-refractivity contribution >= 4 is 51.0 Å². The van der Waals surface area contributed by atoms with Crippen LogP contribution in [0.1, 0.15) is 42.5 Å².